The molecule has 3 atom stereocenters. The van der Waals surface area contributed by atoms with Crippen LogP contribution in [0.15, 0.2) is 0 Å². The van der Waals surface area contributed by atoms with Gasteiger partial charge in [0.15, 0.2) is 6.29 Å². The Kier molecular flexibility index (Phi) is 4.18. The SMILES string of the molecule is CC(C)C1CC1(C)C(O)OC(C(F)(F)F)C(F)(F)F. The number of aliphatic hydroxyl groups is 1. The van der Waals surface area contributed by atoms with Crippen molar-refractivity contribution in [3.63, 3.8) is 0 Å². The van der Waals surface area contributed by atoms with E-state index in [2.05, 4.69) is 4.74 Å². The Morgan fingerprint density at radius 2 is 1.53 bits per heavy atom. The molecule has 8 heteroatoms. The van der Waals surface area contributed by atoms with Gasteiger partial charge in [-0.05, 0) is 18.3 Å². The predicted octanol–water partition coefficient (Wildman–Crippen LogP) is 3.50. The molecule has 0 heterocycles. The zero-order valence-corrected chi connectivity index (χ0v) is 10.6. The highest BCUT2D eigenvalue weighted by Crippen LogP contribution is 2.59. The van der Waals surface area contributed by atoms with Gasteiger partial charge in [0, 0.05) is 5.41 Å². The lowest BCUT2D eigenvalue weighted by molar-refractivity contribution is -0.356. The molecule has 0 bridgehead atoms. The molecule has 0 spiro atoms. The Balaban J connectivity index is 2.77. The van der Waals surface area contributed by atoms with Crippen molar-refractivity contribution in [1.29, 1.82) is 0 Å². The molecule has 1 rings (SSSR count). The third kappa shape index (κ3) is 3.53. The Morgan fingerprint density at radius 1 is 1.11 bits per heavy atom. The third-order valence-electron chi connectivity index (χ3n) is 3.58. The molecule has 2 nitrogen and oxygen atoms in total. The second-order valence-corrected chi connectivity index (χ2v) is 5.51. The number of halogens is 6. The van der Waals surface area contributed by atoms with E-state index in [1.807, 2.05) is 0 Å². The summed E-state index contributed by atoms with van der Waals surface area (Å²) in [6, 6.07) is 0. The van der Waals surface area contributed by atoms with Gasteiger partial charge in [-0.15, -0.1) is 0 Å². The van der Waals surface area contributed by atoms with Gasteiger partial charge in [-0.2, -0.15) is 26.3 Å². The smallest absolute Gasteiger partial charge is 0.367 e. The molecule has 1 saturated carbocycles. The minimum absolute atomic E-state index is 0.0541. The van der Waals surface area contributed by atoms with Crippen LogP contribution in [-0.2, 0) is 4.74 Å². The van der Waals surface area contributed by atoms with E-state index < -0.39 is 30.2 Å². The summed E-state index contributed by atoms with van der Waals surface area (Å²) >= 11 is 0. The van der Waals surface area contributed by atoms with Gasteiger partial charge < -0.3 is 9.84 Å². The molecule has 0 amide bonds. The van der Waals surface area contributed by atoms with E-state index in [1.165, 1.54) is 6.92 Å². The topological polar surface area (TPSA) is 29.5 Å². The summed E-state index contributed by atoms with van der Waals surface area (Å²) in [4.78, 5) is 0. The van der Waals surface area contributed by atoms with E-state index in [4.69, 9.17) is 0 Å². The molecular weight excluding hydrogens is 278 g/mol. The monoisotopic (exact) mass is 294 g/mol. The van der Waals surface area contributed by atoms with E-state index in [0.29, 0.717) is 6.42 Å². The third-order valence-corrected chi connectivity index (χ3v) is 3.58. The van der Waals surface area contributed by atoms with Crippen molar-refractivity contribution in [1.82, 2.24) is 0 Å². The van der Waals surface area contributed by atoms with Crippen molar-refractivity contribution < 1.29 is 36.2 Å². The minimum atomic E-state index is -5.60. The largest absolute Gasteiger partial charge is 0.423 e. The van der Waals surface area contributed by atoms with Gasteiger partial charge in [0.1, 0.15) is 0 Å². The normalized spacial score (nSPS) is 30.0. The summed E-state index contributed by atoms with van der Waals surface area (Å²) in [5, 5.41) is 9.54. The second-order valence-electron chi connectivity index (χ2n) is 5.51. The summed E-state index contributed by atoms with van der Waals surface area (Å²) in [7, 11) is 0. The molecule has 0 aromatic rings. The molecule has 0 aromatic heterocycles. The summed E-state index contributed by atoms with van der Waals surface area (Å²) < 4.78 is 77.6. The predicted molar refractivity (Wildman–Crippen MR) is 54.0 cm³/mol. The zero-order valence-electron chi connectivity index (χ0n) is 10.6. The molecule has 3 unspecified atom stereocenters. The maximum Gasteiger partial charge on any atom is 0.423 e. The van der Waals surface area contributed by atoms with Crippen molar-refractivity contribution in [2.24, 2.45) is 17.3 Å². The van der Waals surface area contributed by atoms with Gasteiger partial charge in [-0.1, -0.05) is 20.8 Å². The summed E-state index contributed by atoms with van der Waals surface area (Å²) in [5.41, 5.74) is -1.05. The van der Waals surface area contributed by atoms with Crippen LogP contribution in [0.3, 0.4) is 0 Å². The molecule has 1 N–H and O–H groups in total. The number of aliphatic hydroxyl groups excluding tert-OH is 1. The van der Waals surface area contributed by atoms with Crippen molar-refractivity contribution in [3.8, 4) is 0 Å². The number of hydrogen-bond donors (Lipinski definition) is 1. The van der Waals surface area contributed by atoms with Crippen LogP contribution >= 0.6 is 0 Å². The minimum Gasteiger partial charge on any atom is -0.367 e. The number of hydrogen-bond acceptors (Lipinski definition) is 2. The van der Waals surface area contributed by atoms with Gasteiger partial charge >= 0.3 is 12.4 Å². The van der Waals surface area contributed by atoms with E-state index in [1.54, 1.807) is 13.8 Å². The van der Waals surface area contributed by atoms with Crippen LogP contribution in [0, 0.1) is 17.3 Å². The zero-order chi connectivity index (χ0) is 15.2. The van der Waals surface area contributed by atoms with E-state index in [9.17, 15) is 31.4 Å². The van der Waals surface area contributed by atoms with Crippen LogP contribution in [0.2, 0.25) is 0 Å². The lowest BCUT2D eigenvalue weighted by Gasteiger charge is -2.29. The average Bonchev–Trinajstić information content (AvgIpc) is 2.84. The fraction of sp³-hybridized carbons (Fsp3) is 1.00. The molecule has 0 saturated heterocycles. The highest BCUT2D eigenvalue weighted by molar-refractivity contribution is 5.02. The fourth-order valence-corrected chi connectivity index (χ4v) is 2.32. The van der Waals surface area contributed by atoms with E-state index in [-0.39, 0.29) is 11.8 Å². The van der Waals surface area contributed by atoms with Crippen molar-refractivity contribution in [2.45, 2.75) is 51.9 Å². The molecule has 0 aromatic carbocycles. The first kappa shape index (κ1) is 16.6. The second kappa shape index (κ2) is 4.80. The van der Waals surface area contributed by atoms with Crippen LogP contribution < -0.4 is 0 Å². The van der Waals surface area contributed by atoms with Gasteiger partial charge in [-0.25, -0.2) is 0 Å². The fourth-order valence-electron chi connectivity index (χ4n) is 2.32. The maximum absolute atomic E-state index is 12.3. The number of ether oxygens (including phenoxy) is 1. The molecule has 0 aliphatic heterocycles. The highest BCUT2D eigenvalue weighted by Gasteiger charge is 2.63. The molecule has 19 heavy (non-hydrogen) atoms. The quantitative estimate of drug-likeness (QED) is 0.635. The Morgan fingerprint density at radius 3 is 1.79 bits per heavy atom. The lowest BCUT2D eigenvalue weighted by atomic mass is 9.98. The summed E-state index contributed by atoms with van der Waals surface area (Å²) in [6.45, 7) is 4.99. The first-order valence-electron chi connectivity index (χ1n) is 5.77. The van der Waals surface area contributed by atoms with Crippen LogP contribution in [0.4, 0.5) is 26.3 Å². The molecule has 114 valence electrons. The highest BCUT2D eigenvalue weighted by atomic mass is 19.4. The Bertz CT molecular complexity index is 310. The standard InChI is InChI=1S/C11H16F6O2/c1-5(2)6-4-9(6,3)8(18)19-7(10(12,13)14)11(15,16)17/h5-8,18H,4H2,1-3H3. The van der Waals surface area contributed by atoms with Crippen LogP contribution in [0.1, 0.15) is 27.2 Å². The van der Waals surface area contributed by atoms with Gasteiger partial charge in [0.2, 0.25) is 0 Å². The van der Waals surface area contributed by atoms with Crippen molar-refractivity contribution in [3.05, 3.63) is 0 Å². The van der Waals surface area contributed by atoms with Crippen molar-refractivity contribution >= 4 is 0 Å². The molecular formula is C11H16F6O2. The van der Waals surface area contributed by atoms with Crippen molar-refractivity contribution in [2.75, 3.05) is 0 Å². The van der Waals surface area contributed by atoms with Crippen LogP contribution in [0.25, 0.3) is 0 Å². The molecule has 1 fully saturated rings. The first-order valence-corrected chi connectivity index (χ1v) is 5.77. The summed E-state index contributed by atoms with van der Waals surface area (Å²) in [6.07, 6.45) is -16.9. The van der Waals surface area contributed by atoms with Gasteiger partial charge in [0.25, 0.3) is 6.10 Å². The number of alkyl halides is 6. The Hall–Kier alpha value is -0.500. The lowest BCUT2D eigenvalue weighted by Crippen LogP contribution is -2.48. The van der Waals surface area contributed by atoms with E-state index >= 15 is 0 Å². The molecule has 1 aliphatic carbocycles. The summed E-state index contributed by atoms with van der Waals surface area (Å²) in [5.74, 6) is -0.0944. The molecule has 0 radical (unpaired) electrons. The van der Waals surface area contributed by atoms with Gasteiger partial charge in [-0.3, -0.25) is 0 Å². The molecule has 1 aliphatic rings. The maximum atomic E-state index is 12.3. The average molecular weight is 294 g/mol. The van der Waals surface area contributed by atoms with Gasteiger partial charge in [0.05, 0.1) is 0 Å². The first-order chi connectivity index (χ1) is 8.30. The number of rotatable bonds is 4. The van der Waals surface area contributed by atoms with E-state index in [0.717, 1.165) is 0 Å². The van der Waals surface area contributed by atoms with Crippen LogP contribution in [0.5, 0.6) is 0 Å². The van der Waals surface area contributed by atoms with Crippen LogP contribution in [-0.4, -0.2) is 29.9 Å². The Labute approximate surface area is 106 Å².